The first-order chi connectivity index (χ1) is 8.02. The summed E-state index contributed by atoms with van der Waals surface area (Å²) in [6.07, 6.45) is 1.12. The van der Waals surface area contributed by atoms with Crippen LogP contribution in [0.5, 0.6) is 0 Å². The summed E-state index contributed by atoms with van der Waals surface area (Å²) in [5.41, 5.74) is 0. The van der Waals surface area contributed by atoms with Gasteiger partial charge in [0.05, 0.1) is 0 Å². The summed E-state index contributed by atoms with van der Waals surface area (Å²) in [5, 5.41) is 4.83. The number of rotatable bonds is 3. The average molecular weight is 262 g/mol. The molecule has 1 unspecified atom stereocenters. The predicted molar refractivity (Wildman–Crippen MR) is 62.7 cm³/mol. The second-order valence-electron chi connectivity index (χ2n) is 3.97. The van der Waals surface area contributed by atoms with Crippen molar-refractivity contribution in [2.75, 3.05) is 19.5 Å². The van der Waals surface area contributed by atoms with Crippen LogP contribution in [0, 0.1) is 0 Å². The Labute approximate surface area is 105 Å². The molecule has 0 radical (unpaired) electrons. The van der Waals surface area contributed by atoms with Crippen molar-refractivity contribution in [3.05, 3.63) is 0 Å². The van der Waals surface area contributed by atoms with Crippen molar-refractivity contribution in [2.24, 2.45) is 0 Å². The van der Waals surface area contributed by atoms with Crippen LogP contribution < -0.4 is 10.6 Å². The minimum atomic E-state index is -0.534. The molecule has 0 aromatic heterocycles. The van der Waals surface area contributed by atoms with Gasteiger partial charge in [-0.1, -0.05) is 0 Å². The van der Waals surface area contributed by atoms with E-state index in [1.165, 1.54) is 0 Å². The second kappa shape index (κ2) is 6.44. The van der Waals surface area contributed by atoms with Gasteiger partial charge in [-0.3, -0.25) is 14.9 Å². The lowest BCUT2D eigenvalue weighted by Gasteiger charge is -2.29. The van der Waals surface area contributed by atoms with E-state index >= 15 is 0 Å². The smallest absolute Gasteiger partial charge is 0.321 e. The van der Waals surface area contributed by atoms with Crippen LogP contribution >= 0.6 is 11.6 Å². The first kappa shape index (κ1) is 13.8. The fourth-order valence-corrected chi connectivity index (χ4v) is 1.80. The Bertz CT molecular complexity index is 322. The summed E-state index contributed by atoms with van der Waals surface area (Å²) in [4.78, 5) is 35.3. The summed E-state index contributed by atoms with van der Waals surface area (Å²) >= 11 is 5.37. The van der Waals surface area contributed by atoms with E-state index in [9.17, 15) is 14.4 Å². The minimum absolute atomic E-state index is 0.0710. The van der Waals surface area contributed by atoms with Crippen LogP contribution in [0.25, 0.3) is 0 Å². The van der Waals surface area contributed by atoms with E-state index in [1.54, 1.807) is 11.9 Å². The molecular formula is C10H16ClN3O3. The number of hydrogen-bond acceptors (Lipinski definition) is 3. The van der Waals surface area contributed by atoms with Gasteiger partial charge in [0.25, 0.3) is 0 Å². The van der Waals surface area contributed by atoms with E-state index in [4.69, 9.17) is 11.6 Å². The Kier molecular flexibility index (Phi) is 5.21. The molecule has 1 heterocycles. The van der Waals surface area contributed by atoms with Gasteiger partial charge in [0.2, 0.25) is 11.8 Å². The number of nitrogens with zero attached hydrogens (tertiary/aromatic N) is 1. The maximum Gasteiger partial charge on any atom is 0.321 e. The number of likely N-dealkylation sites (N-methyl/N-ethyl adjacent to an activating group) is 1. The number of alkyl halides is 1. The Morgan fingerprint density at radius 3 is 2.82 bits per heavy atom. The Morgan fingerprint density at radius 1 is 1.53 bits per heavy atom. The molecule has 1 fully saturated rings. The van der Waals surface area contributed by atoms with Gasteiger partial charge in [0.15, 0.2) is 0 Å². The summed E-state index contributed by atoms with van der Waals surface area (Å²) in [7, 11) is 1.69. The molecule has 1 saturated heterocycles. The third kappa shape index (κ3) is 4.60. The number of likely N-dealkylation sites (tertiary alicyclic amines) is 1. The van der Waals surface area contributed by atoms with Crippen molar-refractivity contribution in [3.63, 3.8) is 0 Å². The molecule has 2 N–H and O–H groups in total. The number of carbonyl (C=O) groups is 3. The quantitative estimate of drug-likeness (QED) is 0.706. The van der Waals surface area contributed by atoms with E-state index in [0.29, 0.717) is 19.4 Å². The molecule has 1 aliphatic heterocycles. The summed E-state index contributed by atoms with van der Waals surface area (Å²) in [6, 6.07) is -0.644. The molecule has 96 valence electrons. The maximum atomic E-state index is 11.4. The normalized spacial score (nSPS) is 20.0. The SMILES string of the molecule is CN1CC(NC(=O)NC(=O)CCCl)CCC1=O. The number of nitrogens with one attached hydrogen (secondary N) is 2. The fourth-order valence-electron chi connectivity index (χ4n) is 1.63. The highest BCUT2D eigenvalue weighted by molar-refractivity contribution is 6.19. The van der Waals surface area contributed by atoms with E-state index in [2.05, 4.69) is 10.6 Å². The van der Waals surface area contributed by atoms with E-state index in [0.717, 1.165) is 0 Å². The third-order valence-corrected chi connectivity index (χ3v) is 2.73. The van der Waals surface area contributed by atoms with Gasteiger partial charge >= 0.3 is 6.03 Å². The number of imide groups is 1. The highest BCUT2D eigenvalue weighted by Crippen LogP contribution is 2.09. The van der Waals surface area contributed by atoms with Gasteiger partial charge in [0, 0.05) is 38.4 Å². The van der Waals surface area contributed by atoms with Crippen molar-refractivity contribution < 1.29 is 14.4 Å². The van der Waals surface area contributed by atoms with Crippen molar-refractivity contribution >= 4 is 29.4 Å². The topological polar surface area (TPSA) is 78.5 Å². The molecule has 4 amide bonds. The van der Waals surface area contributed by atoms with Crippen molar-refractivity contribution in [3.8, 4) is 0 Å². The van der Waals surface area contributed by atoms with Gasteiger partial charge in [-0.25, -0.2) is 4.79 Å². The molecule has 1 rings (SSSR count). The number of urea groups is 1. The standard InChI is InChI=1S/C10H16ClN3O3/c1-14-6-7(2-3-9(14)16)12-10(17)13-8(15)4-5-11/h7H,2-6H2,1H3,(H2,12,13,15,17). The molecule has 6 nitrogen and oxygen atoms in total. The molecule has 0 aromatic carbocycles. The number of hydrogen-bond donors (Lipinski definition) is 2. The number of piperidine rings is 1. The molecule has 0 spiro atoms. The largest absolute Gasteiger partial charge is 0.344 e. The summed E-state index contributed by atoms with van der Waals surface area (Å²) < 4.78 is 0. The number of halogens is 1. The molecule has 17 heavy (non-hydrogen) atoms. The van der Waals surface area contributed by atoms with Crippen LogP contribution in [-0.2, 0) is 9.59 Å². The monoisotopic (exact) mass is 261 g/mol. The zero-order valence-corrected chi connectivity index (χ0v) is 10.4. The van der Waals surface area contributed by atoms with Crippen LogP contribution in [0.3, 0.4) is 0 Å². The molecule has 0 saturated carbocycles. The first-order valence-corrected chi connectivity index (χ1v) is 5.96. The van der Waals surface area contributed by atoms with Gasteiger partial charge in [-0.15, -0.1) is 11.6 Å². The van der Waals surface area contributed by atoms with Gasteiger partial charge in [0.1, 0.15) is 0 Å². The van der Waals surface area contributed by atoms with E-state index in [1.807, 2.05) is 0 Å². The molecule has 1 aliphatic rings. The van der Waals surface area contributed by atoms with E-state index in [-0.39, 0.29) is 24.2 Å². The molecular weight excluding hydrogens is 246 g/mol. The van der Waals surface area contributed by atoms with Crippen molar-refractivity contribution in [2.45, 2.75) is 25.3 Å². The Balaban J connectivity index is 2.31. The molecule has 7 heteroatoms. The second-order valence-corrected chi connectivity index (χ2v) is 4.35. The zero-order valence-electron chi connectivity index (χ0n) is 9.66. The molecule has 0 aromatic rings. The maximum absolute atomic E-state index is 11.4. The van der Waals surface area contributed by atoms with Crippen molar-refractivity contribution in [1.82, 2.24) is 15.5 Å². The van der Waals surface area contributed by atoms with Crippen LogP contribution in [-0.4, -0.2) is 48.3 Å². The Hall–Kier alpha value is -1.30. The van der Waals surface area contributed by atoms with Gasteiger partial charge in [-0.05, 0) is 6.42 Å². The first-order valence-electron chi connectivity index (χ1n) is 5.43. The average Bonchev–Trinajstić information content (AvgIpc) is 2.23. The highest BCUT2D eigenvalue weighted by Gasteiger charge is 2.24. The van der Waals surface area contributed by atoms with Crippen LogP contribution in [0.1, 0.15) is 19.3 Å². The minimum Gasteiger partial charge on any atom is -0.344 e. The summed E-state index contributed by atoms with van der Waals surface area (Å²) in [6.45, 7) is 0.468. The predicted octanol–water partition coefficient (Wildman–Crippen LogP) is 0.0619. The van der Waals surface area contributed by atoms with Gasteiger partial charge < -0.3 is 10.2 Å². The highest BCUT2D eigenvalue weighted by atomic mass is 35.5. The van der Waals surface area contributed by atoms with Crippen LogP contribution in [0.4, 0.5) is 4.79 Å². The van der Waals surface area contributed by atoms with Crippen molar-refractivity contribution in [1.29, 1.82) is 0 Å². The number of amides is 4. The molecule has 0 bridgehead atoms. The zero-order chi connectivity index (χ0) is 12.8. The third-order valence-electron chi connectivity index (χ3n) is 2.54. The summed E-state index contributed by atoms with van der Waals surface area (Å²) in [5.74, 6) is -0.154. The van der Waals surface area contributed by atoms with Crippen LogP contribution in [0.2, 0.25) is 0 Å². The van der Waals surface area contributed by atoms with Gasteiger partial charge in [-0.2, -0.15) is 0 Å². The number of carbonyl (C=O) groups excluding carboxylic acids is 3. The molecule has 1 atom stereocenters. The lowest BCUT2D eigenvalue weighted by atomic mass is 10.1. The van der Waals surface area contributed by atoms with E-state index < -0.39 is 11.9 Å². The fraction of sp³-hybridized carbons (Fsp3) is 0.700. The lowest BCUT2D eigenvalue weighted by molar-refractivity contribution is -0.132. The molecule has 0 aliphatic carbocycles. The lowest BCUT2D eigenvalue weighted by Crippen LogP contribution is -2.52. The van der Waals surface area contributed by atoms with Crippen LogP contribution in [0.15, 0.2) is 0 Å². The Morgan fingerprint density at radius 2 is 2.24 bits per heavy atom.